The number of halogens is 1. The Kier molecular flexibility index (Phi) is 4.46. The fourth-order valence-corrected chi connectivity index (χ4v) is 2.59. The molecular weight excluding hydrogens is 355 g/mol. The van der Waals surface area contributed by atoms with Crippen LogP contribution >= 0.6 is 22.6 Å². The molecule has 5 heteroatoms. The third kappa shape index (κ3) is 2.92. The van der Waals surface area contributed by atoms with Gasteiger partial charge in [0.25, 0.3) is 0 Å². The summed E-state index contributed by atoms with van der Waals surface area (Å²) in [7, 11) is 1.59. The van der Waals surface area contributed by atoms with Gasteiger partial charge in [-0.1, -0.05) is 12.1 Å². The fraction of sp³-hybridized carbons (Fsp3) is 0.357. The number of nitrogens with zero attached hydrogens (tertiary/aromatic N) is 2. The summed E-state index contributed by atoms with van der Waals surface area (Å²) in [6.07, 6.45) is 0.904. The molecule has 0 radical (unpaired) electrons. The predicted molar refractivity (Wildman–Crippen MR) is 82.4 cm³/mol. The van der Waals surface area contributed by atoms with Gasteiger partial charge in [0.15, 0.2) is 5.75 Å². The second-order valence-electron chi connectivity index (χ2n) is 4.59. The zero-order valence-corrected chi connectivity index (χ0v) is 13.3. The van der Waals surface area contributed by atoms with E-state index in [4.69, 9.17) is 4.74 Å². The normalized spacial score (nSPS) is 12.7. The molecule has 1 N–H and O–H groups in total. The van der Waals surface area contributed by atoms with Crippen molar-refractivity contribution >= 4 is 22.6 Å². The molecule has 0 aliphatic heterocycles. The van der Waals surface area contributed by atoms with Gasteiger partial charge in [-0.15, -0.1) is 0 Å². The van der Waals surface area contributed by atoms with Crippen LogP contribution in [-0.4, -0.2) is 22.0 Å². The lowest BCUT2D eigenvalue weighted by Crippen LogP contribution is -2.13. The Balaban J connectivity index is 2.48. The van der Waals surface area contributed by atoms with Gasteiger partial charge >= 0.3 is 0 Å². The highest BCUT2D eigenvalue weighted by molar-refractivity contribution is 14.1. The third-order valence-electron chi connectivity index (χ3n) is 2.93. The number of methoxy groups -OCH3 is 1. The van der Waals surface area contributed by atoms with Crippen LogP contribution in [0.2, 0.25) is 0 Å². The number of aromatic nitrogens is 2. The van der Waals surface area contributed by atoms with E-state index in [9.17, 15) is 5.11 Å². The first kappa shape index (κ1) is 14.3. The molecule has 102 valence electrons. The minimum Gasteiger partial charge on any atom is -0.493 e. The minimum atomic E-state index is -0.741. The summed E-state index contributed by atoms with van der Waals surface area (Å²) >= 11 is 2.23. The molecule has 1 aromatic carbocycles. The molecule has 0 bridgehead atoms. The summed E-state index contributed by atoms with van der Waals surface area (Å²) in [5.41, 5.74) is 1.53. The van der Waals surface area contributed by atoms with E-state index in [0.717, 1.165) is 9.13 Å². The number of aliphatic hydroxyl groups is 1. The van der Waals surface area contributed by atoms with Crippen LogP contribution < -0.4 is 4.74 Å². The lowest BCUT2D eigenvalue weighted by Gasteiger charge is -2.17. The van der Waals surface area contributed by atoms with E-state index < -0.39 is 6.10 Å². The van der Waals surface area contributed by atoms with Crippen LogP contribution in [0.25, 0.3) is 0 Å². The Morgan fingerprint density at radius 2 is 2.11 bits per heavy atom. The molecule has 0 saturated heterocycles. The topological polar surface area (TPSA) is 47.3 Å². The number of ether oxygens (including phenoxy) is 1. The van der Waals surface area contributed by atoms with E-state index in [2.05, 4.69) is 27.7 Å². The van der Waals surface area contributed by atoms with Crippen molar-refractivity contribution in [1.29, 1.82) is 0 Å². The highest BCUT2D eigenvalue weighted by Crippen LogP contribution is 2.32. The average Bonchev–Trinajstić information content (AvgIpc) is 2.81. The van der Waals surface area contributed by atoms with E-state index in [1.54, 1.807) is 18.0 Å². The van der Waals surface area contributed by atoms with Gasteiger partial charge in [0.1, 0.15) is 11.8 Å². The van der Waals surface area contributed by atoms with Crippen LogP contribution in [0.1, 0.15) is 37.3 Å². The Labute approximate surface area is 126 Å². The second kappa shape index (κ2) is 5.92. The first-order valence-corrected chi connectivity index (χ1v) is 7.17. The highest BCUT2D eigenvalue weighted by atomic mass is 127. The predicted octanol–water partition coefficient (Wildman–Crippen LogP) is 3.16. The molecule has 0 aliphatic rings. The summed E-state index contributed by atoms with van der Waals surface area (Å²) in [4.78, 5) is 0. The van der Waals surface area contributed by atoms with Crippen molar-refractivity contribution in [2.24, 2.45) is 0 Å². The van der Waals surface area contributed by atoms with E-state index in [1.807, 2.05) is 38.1 Å². The molecule has 2 aromatic rings. The standard InChI is InChI=1S/C14H17IN2O2/c1-9(2)17-13(12(19-3)8-16-17)14(18)10-5-4-6-11(15)7-10/h4-9,14,18H,1-3H3. The summed E-state index contributed by atoms with van der Waals surface area (Å²) in [5.74, 6) is 0.611. The molecule has 0 spiro atoms. The largest absolute Gasteiger partial charge is 0.493 e. The molecule has 2 rings (SSSR count). The molecule has 1 aromatic heterocycles. The SMILES string of the molecule is COc1cnn(C(C)C)c1C(O)c1cccc(I)c1. The van der Waals surface area contributed by atoms with Crippen LogP contribution in [0.5, 0.6) is 5.75 Å². The van der Waals surface area contributed by atoms with E-state index in [0.29, 0.717) is 11.4 Å². The third-order valence-corrected chi connectivity index (χ3v) is 3.60. The molecule has 0 aliphatic carbocycles. The zero-order chi connectivity index (χ0) is 14.0. The lowest BCUT2D eigenvalue weighted by molar-refractivity contribution is 0.199. The van der Waals surface area contributed by atoms with Gasteiger partial charge in [-0.3, -0.25) is 4.68 Å². The van der Waals surface area contributed by atoms with Crippen molar-refractivity contribution in [1.82, 2.24) is 9.78 Å². The molecule has 1 atom stereocenters. The van der Waals surface area contributed by atoms with Gasteiger partial charge in [0.05, 0.1) is 13.3 Å². The maximum Gasteiger partial charge on any atom is 0.163 e. The van der Waals surface area contributed by atoms with Gasteiger partial charge in [0, 0.05) is 9.61 Å². The van der Waals surface area contributed by atoms with Gasteiger partial charge in [-0.2, -0.15) is 5.10 Å². The molecule has 0 amide bonds. The molecule has 4 nitrogen and oxygen atoms in total. The lowest BCUT2D eigenvalue weighted by atomic mass is 10.1. The fourth-order valence-electron chi connectivity index (χ4n) is 2.02. The van der Waals surface area contributed by atoms with Crippen molar-refractivity contribution in [3.8, 4) is 5.75 Å². The number of hydrogen-bond acceptors (Lipinski definition) is 3. The Morgan fingerprint density at radius 3 is 2.68 bits per heavy atom. The maximum absolute atomic E-state index is 10.6. The first-order chi connectivity index (χ1) is 9.04. The molecule has 0 saturated carbocycles. The van der Waals surface area contributed by atoms with Crippen molar-refractivity contribution in [3.05, 3.63) is 45.3 Å². The van der Waals surface area contributed by atoms with Gasteiger partial charge in [0.2, 0.25) is 0 Å². The summed E-state index contributed by atoms with van der Waals surface area (Å²) in [5, 5.41) is 14.9. The molecular formula is C14H17IN2O2. The average molecular weight is 372 g/mol. The van der Waals surface area contributed by atoms with Crippen molar-refractivity contribution in [2.45, 2.75) is 26.0 Å². The minimum absolute atomic E-state index is 0.163. The number of aliphatic hydroxyl groups excluding tert-OH is 1. The van der Waals surface area contributed by atoms with Gasteiger partial charge < -0.3 is 9.84 Å². The van der Waals surface area contributed by atoms with Crippen molar-refractivity contribution in [2.75, 3.05) is 7.11 Å². The summed E-state index contributed by atoms with van der Waals surface area (Å²) < 4.78 is 8.19. The molecule has 1 heterocycles. The summed E-state index contributed by atoms with van der Waals surface area (Å²) in [6, 6.07) is 7.96. The first-order valence-electron chi connectivity index (χ1n) is 6.09. The number of benzene rings is 1. The van der Waals surface area contributed by atoms with Crippen molar-refractivity contribution in [3.63, 3.8) is 0 Å². The van der Waals surface area contributed by atoms with E-state index in [-0.39, 0.29) is 6.04 Å². The van der Waals surface area contributed by atoms with Crippen LogP contribution in [0, 0.1) is 3.57 Å². The van der Waals surface area contributed by atoms with Crippen LogP contribution in [0.3, 0.4) is 0 Å². The van der Waals surface area contributed by atoms with E-state index >= 15 is 0 Å². The number of hydrogen-bond donors (Lipinski definition) is 1. The van der Waals surface area contributed by atoms with Crippen molar-refractivity contribution < 1.29 is 9.84 Å². The molecule has 1 unspecified atom stereocenters. The van der Waals surface area contributed by atoms with Crippen LogP contribution in [0.4, 0.5) is 0 Å². The Morgan fingerprint density at radius 1 is 1.37 bits per heavy atom. The Bertz CT molecular complexity index is 566. The van der Waals surface area contributed by atoms with Crippen LogP contribution in [-0.2, 0) is 0 Å². The van der Waals surface area contributed by atoms with Crippen LogP contribution in [0.15, 0.2) is 30.5 Å². The maximum atomic E-state index is 10.6. The smallest absolute Gasteiger partial charge is 0.163 e. The quantitative estimate of drug-likeness (QED) is 0.839. The molecule has 19 heavy (non-hydrogen) atoms. The highest BCUT2D eigenvalue weighted by Gasteiger charge is 2.22. The molecule has 0 fully saturated rings. The monoisotopic (exact) mass is 372 g/mol. The summed E-state index contributed by atoms with van der Waals surface area (Å²) in [6.45, 7) is 4.05. The second-order valence-corrected chi connectivity index (χ2v) is 5.84. The zero-order valence-electron chi connectivity index (χ0n) is 11.2. The van der Waals surface area contributed by atoms with E-state index in [1.165, 1.54) is 0 Å². The number of rotatable bonds is 4. The van der Waals surface area contributed by atoms with Gasteiger partial charge in [-0.05, 0) is 54.1 Å². The van der Waals surface area contributed by atoms with Gasteiger partial charge in [-0.25, -0.2) is 0 Å². The Hall–Kier alpha value is -1.08.